The lowest BCUT2D eigenvalue weighted by Gasteiger charge is -2.17. The predicted octanol–water partition coefficient (Wildman–Crippen LogP) is 4.21. The zero-order chi connectivity index (χ0) is 18.4. The largest absolute Gasteiger partial charge is 0.452 e. The van der Waals surface area contributed by atoms with E-state index < -0.39 is 24.3 Å². The maximum absolute atomic E-state index is 13.0. The highest BCUT2D eigenvalue weighted by Gasteiger charge is 2.17. The van der Waals surface area contributed by atoms with Crippen molar-refractivity contribution in [2.45, 2.75) is 26.3 Å². The van der Waals surface area contributed by atoms with E-state index in [-0.39, 0.29) is 16.6 Å². The fourth-order valence-corrected chi connectivity index (χ4v) is 2.56. The molecule has 0 unspecified atom stereocenters. The molecule has 1 atom stereocenters. The fourth-order valence-electron chi connectivity index (χ4n) is 2.32. The molecule has 2 aromatic carbocycles. The highest BCUT2D eigenvalue weighted by atomic mass is 35.5. The molecule has 0 aliphatic heterocycles. The minimum absolute atomic E-state index is 0.0152. The molecule has 0 aromatic heterocycles. The van der Waals surface area contributed by atoms with E-state index in [1.807, 2.05) is 38.1 Å². The van der Waals surface area contributed by atoms with Crippen LogP contribution in [0.25, 0.3) is 0 Å². The summed E-state index contributed by atoms with van der Waals surface area (Å²) in [6, 6.07) is 11.0. The molecule has 0 saturated heterocycles. The van der Waals surface area contributed by atoms with Crippen molar-refractivity contribution in [1.82, 2.24) is 5.32 Å². The number of hydrogen-bond acceptors (Lipinski definition) is 3. The van der Waals surface area contributed by atoms with E-state index in [0.717, 1.165) is 23.3 Å². The van der Waals surface area contributed by atoms with Crippen molar-refractivity contribution in [1.29, 1.82) is 0 Å². The molecular weight excluding hydrogens is 345 g/mol. The molecule has 0 fully saturated rings. The van der Waals surface area contributed by atoms with Gasteiger partial charge in [-0.3, -0.25) is 4.79 Å². The van der Waals surface area contributed by atoms with Gasteiger partial charge >= 0.3 is 5.97 Å². The molecule has 0 heterocycles. The van der Waals surface area contributed by atoms with Gasteiger partial charge in [0.25, 0.3) is 5.91 Å². The number of carbonyl (C=O) groups is 2. The Morgan fingerprint density at radius 2 is 1.88 bits per heavy atom. The Bertz CT molecular complexity index is 762. The van der Waals surface area contributed by atoms with Crippen molar-refractivity contribution in [3.05, 3.63) is 70.0 Å². The third-order valence-corrected chi connectivity index (χ3v) is 4.02. The number of benzene rings is 2. The lowest BCUT2D eigenvalue weighted by atomic mass is 10.0. The van der Waals surface area contributed by atoms with Crippen LogP contribution in [0.1, 0.15) is 40.9 Å². The smallest absolute Gasteiger partial charge is 0.340 e. The normalized spacial score (nSPS) is 11.7. The Morgan fingerprint density at radius 3 is 2.48 bits per heavy atom. The highest BCUT2D eigenvalue weighted by molar-refractivity contribution is 6.33. The van der Waals surface area contributed by atoms with Crippen LogP contribution in [0.15, 0.2) is 42.5 Å². The molecule has 6 heteroatoms. The Balaban J connectivity index is 1.92. The second kappa shape index (κ2) is 8.62. The van der Waals surface area contributed by atoms with Crippen LogP contribution < -0.4 is 5.32 Å². The summed E-state index contributed by atoms with van der Waals surface area (Å²) in [5.41, 5.74) is 2.13. The minimum atomic E-state index is -0.775. The molecule has 1 N–H and O–H groups in total. The van der Waals surface area contributed by atoms with Crippen LogP contribution in [-0.4, -0.2) is 18.5 Å². The fraction of sp³-hybridized carbons (Fsp3) is 0.263. The highest BCUT2D eigenvalue weighted by Crippen LogP contribution is 2.19. The van der Waals surface area contributed by atoms with Gasteiger partial charge in [0.2, 0.25) is 0 Å². The Kier molecular flexibility index (Phi) is 6.53. The van der Waals surface area contributed by atoms with E-state index in [1.165, 1.54) is 6.07 Å². The lowest BCUT2D eigenvalue weighted by molar-refractivity contribution is -0.125. The number of halogens is 2. The van der Waals surface area contributed by atoms with E-state index in [2.05, 4.69) is 5.32 Å². The number of amides is 1. The first-order valence-electron chi connectivity index (χ1n) is 7.88. The zero-order valence-electron chi connectivity index (χ0n) is 14.0. The van der Waals surface area contributed by atoms with Crippen LogP contribution in [0.3, 0.4) is 0 Å². The zero-order valence-corrected chi connectivity index (χ0v) is 14.8. The summed E-state index contributed by atoms with van der Waals surface area (Å²) >= 11 is 5.80. The van der Waals surface area contributed by atoms with Gasteiger partial charge in [0.05, 0.1) is 16.6 Å². The summed E-state index contributed by atoms with van der Waals surface area (Å²) in [5, 5.41) is 2.77. The molecule has 0 radical (unpaired) electrons. The van der Waals surface area contributed by atoms with E-state index in [0.29, 0.717) is 6.42 Å². The van der Waals surface area contributed by atoms with Gasteiger partial charge in [-0.1, -0.05) is 48.4 Å². The summed E-state index contributed by atoms with van der Waals surface area (Å²) in [4.78, 5) is 24.0. The van der Waals surface area contributed by atoms with E-state index in [1.54, 1.807) is 0 Å². The maximum Gasteiger partial charge on any atom is 0.340 e. The molecule has 0 aliphatic rings. The Morgan fingerprint density at radius 1 is 1.20 bits per heavy atom. The third-order valence-electron chi connectivity index (χ3n) is 3.71. The van der Waals surface area contributed by atoms with Crippen molar-refractivity contribution in [2.24, 2.45) is 0 Å². The molecule has 0 saturated carbocycles. The van der Waals surface area contributed by atoms with Crippen molar-refractivity contribution in [3.63, 3.8) is 0 Å². The van der Waals surface area contributed by atoms with Gasteiger partial charge in [-0.15, -0.1) is 0 Å². The maximum atomic E-state index is 13.0. The van der Waals surface area contributed by atoms with Crippen LogP contribution in [0.2, 0.25) is 5.02 Å². The Labute approximate surface area is 150 Å². The molecule has 2 aromatic rings. The minimum Gasteiger partial charge on any atom is -0.452 e. The molecule has 0 aliphatic carbocycles. The van der Waals surface area contributed by atoms with E-state index in [4.69, 9.17) is 16.3 Å². The second-order valence-electron chi connectivity index (χ2n) is 5.64. The van der Waals surface area contributed by atoms with Gasteiger partial charge < -0.3 is 10.1 Å². The Hall–Kier alpha value is -2.40. The average molecular weight is 364 g/mol. The van der Waals surface area contributed by atoms with Gasteiger partial charge in [0.1, 0.15) is 5.82 Å². The molecule has 25 heavy (non-hydrogen) atoms. The summed E-state index contributed by atoms with van der Waals surface area (Å²) in [7, 11) is 0. The van der Waals surface area contributed by atoms with Crippen molar-refractivity contribution >= 4 is 23.5 Å². The number of rotatable bonds is 6. The number of ether oxygens (including phenoxy) is 1. The molecule has 4 nitrogen and oxygen atoms in total. The molecular formula is C19H19ClFNO3. The first-order chi connectivity index (χ1) is 11.9. The third kappa shape index (κ3) is 5.29. The van der Waals surface area contributed by atoms with Gasteiger partial charge in [-0.05, 0) is 37.1 Å². The van der Waals surface area contributed by atoms with Crippen molar-refractivity contribution in [3.8, 4) is 0 Å². The first kappa shape index (κ1) is 18.9. The van der Waals surface area contributed by atoms with Crippen molar-refractivity contribution in [2.75, 3.05) is 6.61 Å². The lowest BCUT2D eigenvalue weighted by Crippen LogP contribution is -2.32. The van der Waals surface area contributed by atoms with E-state index in [9.17, 15) is 14.0 Å². The molecule has 2 rings (SSSR count). The molecule has 0 bridgehead atoms. The number of esters is 1. The summed E-state index contributed by atoms with van der Waals surface area (Å²) in [6.07, 6.45) is 0.701. The van der Waals surface area contributed by atoms with Crippen LogP contribution in [0, 0.1) is 12.7 Å². The van der Waals surface area contributed by atoms with Gasteiger partial charge in [0.15, 0.2) is 6.61 Å². The average Bonchev–Trinajstić information content (AvgIpc) is 2.58. The van der Waals surface area contributed by atoms with E-state index >= 15 is 0 Å². The number of aryl methyl sites for hydroxylation is 1. The first-order valence-corrected chi connectivity index (χ1v) is 8.26. The molecule has 132 valence electrons. The summed E-state index contributed by atoms with van der Waals surface area (Å²) < 4.78 is 17.9. The van der Waals surface area contributed by atoms with Crippen LogP contribution >= 0.6 is 11.6 Å². The SMILES string of the molecule is CC[C@H](NC(=O)COC(=O)c1ccc(F)cc1Cl)c1ccc(C)cc1. The summed E-state index contributed by atoms with van der Waals surface area (Å²) in [5.74, 6) is -1.74. The number of carbonyl (C=O) groups excluding carboxylic acids is 2. The van der Waals surface area contributed by atoms with Crippen LogP contribution in [0.5, 0.6) is 0 Å². The predicted molar refractivity (Wildman–Crippen MR) is 94.0 cm³/mol. The number of nitrogens with one attached hydrogen (secondary N) is 1. The van der Waals surface area contributed by atoms with Gasteiger partial charge in [-0.2, -0.15) is 0 Å². The molecule has 0 spiro atoms. The van der Waals surface area contributed by atoms with Gasteiger partial charge in [0, 0.05) is 0 Å². The standard InChI is InChI=1S/C19H19ClFNO3/c1-3-17(13-6-4-12(2)5-7-13)22-18(23)11-25-19(24)15-9-8-14(21)10-16(15)20/h4-10,17H,3,11H2,1-2H3,(H,22,23)/t17-/m0/s1. The topological polar surface area (TPSA) is 55.4 Å². The van der Waals surface area contributed by atoms with Gasteiger partial charge in [-0.25, -0.2) is 9.18 Å². The number of hydrogen-bond donors (Lipinski definition) is 1. The quantitative estimate of drug-likeness (QED) is 0.782. The monoisotopic (exact) mass is 363 g/mol. The molecule has 1 amide bonds. The van der Waals surface area contributed by atoms with Crippen LogP contribution in [-0.2, 0) is 9.53 Å². The van der Waals surface area contributed by atoms with Crippen LogP contribution in [0.4, 0.5) is 4.39 Å². The summed E-state index contributed by atoms with van der Waals surface area (Å²) in [6.45, 7) is 3.51. The second-order valence-corrected chi connectivity index (χ2v) is 6.05. The van der Waals surface area contributed by atoms with Crippen molar-refractivity contribution < 1.29 is 18.7 Å².